The van der Waals surface area contributed by atoms with E-state index in [0.717, 1.165) is 43.1 Å². The third-order valence-electron chi connectivity index (χ3n) is 6.99. The molecule has 1 atom stereocenters. The first-order valence-electron chi connectivity index (χ1n) is 10.9. The number of H-pyrrole nitrogens is 1. The minimum absolute atomic E-state index is 0.102. The number of halogens is 1. The SMILES string of the molecule is Nc1nccc(Sc2n[nH]c3nc(N4CCC5(CC4)Cc4ccccc4C5N)cnc23)c1Cl. The van der Waals surface area contributed by atoms with Gasteiger partial charge < -0.3 is 16.4 Å². The summed E-state index contributed by atoms with van der Waals surface area (Å²) in [5.41, 5.74) is 16.7. The molecular weight excluding hydrogens is 456 g/mol. The van der Waals surface area contributed by atoms with Crippen LogP contribution in [-0.4, -0.2) is 38.2 Å². The van der Waals surface area contributed by atoms with Gasteiger partial charge in [-0.1, -0.05) is 47.6 Å². The number of pyridine rings is 1. The van der Waals surface area contributed by atoms with Crippen molar-refractivity contribution in [2.45, 2.75) is 35.2 Å². The number of aromatic nitrogens is 5. The smallest absolute Gasteiger partial charge is 0.177 e. The van der Waals surface area contributed by atoms with Gasteiger partial charge in [-0.3, -0.25) is 5.10 Å². The highest BCUT2D eigenvalue weighted by atomic mass is 35.5. The number of nitrogens with two attached hydrogens (primary N) is 2. The molecule has 4 aromatic rings. The highest BCUT2D eigenvalue weighted by molar-refractivity contribution is 7.99. The van der Waals surface area contributed by atoms with Crippen molar-refractivity contribution in [3.8, 4) is 0 Å². The Morgan fingerprint density at radius 2 is 1.97 bits per heavy atom. The molecule has 1 saturated heterocycles. The van der Waals surface area contributed by atoms with Crippen molar-refractivity contribution in [2.24, 2.45) is 11.1 Å². The molecule has 0 radical (unpaired) electrons. The summed E-state index contributed by atoms with van der Waals surface area (Å²) in [6.45, 7) is 1.81. The Bertz CT molecular complexity index is 1350. The minimum Gasteiger partial charge on any atom is -0.382 e. The molecule has 6 rings (SSSR count). The van der Waals surface area contributed by atoms with Gasteiger partial charge in [-0.15, -0.1) is 0 Å². The van der Waals surface area contributed by atoms with Crippen LogP contribution in [0, 0.1) is 5.41 Å². The molecule has 5 N–H and O–H groups in total. The molecule has 10 heteroatoms. The fourth-order valence-corrected chi connectivity index (χ4v) is 6.20. The van der Waals surface area contributed by atoms with E-state index >= 15 is 0 Å². The molecule has 8 nitrogen and oxygen atoms in total. The molecule has 4 heterocycles. The van der Waals surface area contributed by atoms with Crippen LogP contribution in [0.4, 0.5) is 11.6 Å². The fraction of sp³-hybridized carbons (Fsp3) is 0.304. The number of hydrogen-bond donors (Lipinski definition) is 3. The maximum Gasteiger partial charge on any atom is 0.177 e. The largest absolute Gasteiger partial charge is 0.382 e. The Kier molecular flexibility index (Phi) is 4.93. The van der Waals surface area contributed by atoms with Crippen LogP contribution in [0.15, 0.2) is 52.6 Å². The molecule has 1 spiro atoms. The topological polar surface area (TPSA) is 123 Å². The van der Waals surface area contributed by atoms with Crippen molar-refractivity contribution in [3.63, 3.8) is 0 Å². The van der Waals surface area contributed by atoms with Gasteiger partial charge in [0.25, 0.3) is 0 Å². The molecule has 1 unspecified atom stereocenters. The van der Waals surface area contributed by atoms with Gasteiger partial charge in [-0.05, 0) is 41.9 Å². The number of piperidine rings is 1. The molecule has 33 heavy (non-hydrogen) atoms. The minimum atomic E-state index is 0.102. The maximum atomic E-state index is 6.72. The summed E-state index contributed by atoms with van der Waals surface area (Å²) >= 11 is 7.67. The third-order valence-corrected chi connectivity index (χ3v) is 8.54. The van der Waals surface area contributed by atoms with Crippen LogP contribution in [0.2, 0.25) is 5.02 Å². The third kappa shape index (κ3) is 3.42. The van der Waals surface area contributed by atoms with Gasteiger partial charge in [0.1, 0.15) is 17.2 Å². The van der Waals surface area contributed by atoms with Crippen LogP contribution in [-0.2, 0) is 6.42 Å². The van der Waals surface area contributed by atoms with Crippen LogP contribution >= 0.6 is 23.4 Å². The number of nitrogens with zero attached hydrogens (tertiary/aromatic N) is 5. The summed E-state index contributed by atoms with van der Waals surface area (Å²) in [6.07, 6.45) is 6.58. The molecular formula is C23H23ClN8S. The van der Waals surface area contributed by atoms with Gasteiger partial charge in [0, 0.05) is 30.2 Å². The molecule has 2 aliphatic rings. The average Bonchev–Trinajstić information content (AvgIpc) is 3.36. The van der Waals surface area contributed by atoms with Crippen LogP contribution in [0.5, 0.6) is 0 Å². The quantitative estimate of drug-likeness (QED) is 0.404. The first-order chi connectivity index (χ1) is 16.0. The molecule has 0 saturated carbocycles. The first-order valence-corrected chi connectivity index (χ1v) is 12.1. The molecule has 1 aliphatic carbocycles. The summed E-state index contributed by atoms with van der Waals surface area (Å²) in [7, 11) is 0. The lowest BCUT2D eigenvalue weighted by atomic mass is 9.73. The zero-order valence-corrected chi connectivity index (χ0v) is 19.4. The van der Waals surface area contributed by atoms with E-state index in [-0.39, 0.29) is 11.5 Å². The standard InChI is InChI=1S/C23H23ClN8S/c24-17-15(5-8-27-20(17)26)33-22-18-21(30-31-22)29-16(12-28-18)32-9-6-23(7-10-32)11-13-3-1-2-4-14(13)19(23)25/h1-5,8,12,19H,6-7,9-11,25H2,(H2,26,27)(H,29,30,31). The first kappa shape index (κ1) is 20.7. The van der Waals surface area contributed by atoms with E-state index < -0.39 is 0 Å². The molecule has 1 aromatic carbocycles. The maximum absolute atomic E-state index is 6.72. The Balaban J connectivity index is 1.20. The van der Waals surface area contributed by atoms with Crippen molar-refractivity contribution in [1.29, 1.82) is 0 Å². The summed E-state index contributed by atoms with van der Waals surface area (Å²) in [5, 5.41) is 8.52. The second-order valence-corrected chi connectivity index (χ2v) is 10.2. The van der Waals surface area contributed by atoms with E-state index in [1.807, 2.05) is 6.20 Å². The van der Waals surface area contributed by atoms with Crippen molar-refractivity contribution in [2.75, 3.05) is 23.7 Å². The lowest BCUT2D eigenvalue weighted by molar-refractivity contribution is 0.187. The van der Waals surface area contributed by atoms with E-state index in [2.05, 4.69) is 49.3 Å². The van der Waals surface area contributed by atoms with Gasteiger partial charge in [0.05, 0.1) is 11.2 Å². The normalized spacial score (nSPS) is 19.3. The Hall–Kier alpha value is -2.88. The summed E-state index contributed by atoms with van der Waals surface area (Å²) in [6, 6.07) is 10.5. The second kappa shape index (κ2) is 7.86. The van der Waals surface area contributed by atoms with Gasteiger partial charge in [0.2, 0.25) is 0 Å². The van der Waals surface area contributed by atoms with E-state index in [1.165, 1.54) is 22.9 Å². The van der Waals surface area contributed by atoms with Gasteiger partial charge >= 0.3 is 0 Å². The second-order valence-electron chi connectivity index (χ2n) is 8.77. The van der Waals surface area contributed by atoms with E-state index in [1.54, 1.807) is 12.3 Å². The number of fused-ring (bicyclic) bond motifs is 2. The Morgan fingerprint density at radius 3 is 2.79 bits per heavy atom. The van der Waals surface area contributed by atoms with Gasteiger partial charge in [-0.2, -0.15) is 5.10 Å². The average molecular weight is 479 g/mol. The van der Waals surface area contributed by atoms with Crippen molar-refractivity contribution in [3.05, 3.63) is 58.9 Å². The van der Waals surface area contributed by atoms with Gasteiger partial charge in [-0.25, -0.2) is 15.0 Å². The summed E-state index contributed by atoms with van der Waals surface area (Å²) in [5.74, 6) is 1.15. The van der Waals surface area contributed by atoms with Crippen molar-refractivity contribution >= 4 is 46.2 Å². The molecule has 0 bridgehead atoms. The predicted octanol–water partition coefficient (Wildman–Crippen LogP) is 3.98. The predicted molar refractivity (Wildman–Crippen MR) is 130 cm³/mol. The summed E-state index contributed by atoms with van der Waals surface area (Å²) in [4.78, 5) is 16.5. The monoisotopic (exact) mass is 478 g/mol. The number of nitrogens with one attached hydrogen (secondary N) is 1. The summed E-state index contributed by atoms with van der Waals surface area (Å²) < 4.78 is 0. The number of anilines is 2. The molecule has 168 valence electrons. The Labute approximate surface area is 200 Å². The number of rotatable bonds is 3. The van der Waals surface area contributed by atoms with Gasteiger partial charge in [0.15, 0.2) is 10.7 Å². The van der Waals surface area contributed by atoms with Crippen LogP contribution < -0.4 is 16.4 Å². The molecule has 0 amide bonds. The van der Waals surface area contributed by atoms with Crippen LogP contribution in [0.1, 0.15) is 30.0 Å². The van der Waals surface area contributed by atoms with Crippen LogP contribution in [0.25, 0.3) is 11.2 Å². The lowest BCUT2D eigenvalue weighted by Crippen LogP contribution is -2.44. The van der Waals surface area contributed by atoms with E-state index in [4.69, 9.17) is 28.1 Å². The number of aromatic amines is 1. The molecule has 3 aromatic heterocycles. The van der Waals surface area contributed by atoms with E-state index in [9.17, 15) is 0 Å². The highest BCUT2D eigenvalue weighted by Crippen LogP contribution is 2.51. The van der Waals surface area contributed by atoms with E-state index in [0.29, 0.717) is 27.0 Å². The van der Waals surface area contributed by atoms with Crippen LogP contribution in [0.3, 0.4) is 0 Å². The zero-order chi connectivity index (χ0) is 22.6. The highest BCUT2D eigenvalue weighted by Gasteiger charge is 2.45. The number of hydrogen-bond acceptors (Lipinski definition) is 8. The Morgan fingerprint density at radius 1 is 1.15 bits per heavy atom. The zero-order valence-electron chi connectivity index (χ0n) is 17.8. The molecule has 1 aliphatic heterocycles. The fourth-order valence-electron chi connectivity index (χ4n) is 5.11. The lowest BCUT2D eigenvalue weighted by Gasteiger charge is -2.42. The number of nitrogen functional groups attached to an aromatic ring is 1. The van der Waals surface area contributed by atoms with Crippen molar-refractivity contribution in [1.82, 2.24) is 25.1 Å². The molecule has 1 fully saturated rings. The number of benzene rings is 1. The van der Waals surface area contributed by atoms with Crippen molar-refractivity contribution < 1.29 is 0 Å².